The standard InChI is InChI=1S/C14H16FNO2/c1-2-10(8-15)9-18-12-3-4-13-11(7-12)5-6-16-14(13)17/h3-4,7-8H,2,5-6,9H2,1H3,(H,16,17). The van der Waals surface area contributed by atoms with E-state index in [1.807, 2.05) is 13.0 Å². The zero-order valence-corrected chi connectivity index (χ0v) is 10.3. The average molecular weight is 249 g/mol. The minimum absolute atomic E-state index is 0.0410. The number of hydrogen-bond donors (Lipinski definition) is 1. The maximum absolute atomic E-state index is 12.4. The highest BCUT2D eigenvalue weighted by Crippen LogP contribution is 2.21. The van der Waals surface area contributed by atoms with E-state index in [1.165, 1.54) is 0 Å². The summed E-state index contributed by atoms with van der Waals surface area (Å²) >= 11 is 0. The molecule has 0 aliphatic carbocycles. The maximum atomic E-state index is 12.4. The van der Waals surface area contributed by atoms with Crippen molar-refractivity contribution in [3.05, 3.63) is 41.2 Å². The zero-order valence-electron chi connectivity index (χ0n) is 10.3. The first-order valence-corrected chi connectivity index (χ1v) is 6.06. The van der Waals surface area contributed by atoms with Gasteiger partial charge >= 0.3 is 0 Å². The number of carbonyl (C=O) groups excluding carboxylic acids is 1. The van der Waals surface area contributed by atoms with Gasteiger partial charge in [0.15, 0.2) is 0 Å². The molecule has 0 unspecified atom stereocenters. The molecule has 96 valence electrons. The van der Waals surface area contributed by atoms with Gasteiger partial charge in [0, 0.05) is 12.1 Å². The van der Waals surface area contributed by atoms with Crippen molar-refractivity contribution in [2.75, 3.05) is 13.2 Å². The van der Waals surface area contributed by atoms with E-state index < -0.39 is 0 Å². The third kappa shape index (κ3) is 2.70. The number of amides is 1. The Hall–Kier alpha value is -1.84. The van der Waals surface area contributed by atoms with E-state index in [4.69, 9.17) is 4.74 Å². The molecule has 1 aliphatic heterocycles. The van der Waals surface area contributed by atoms with Gasteiger partial charge in [-0.25, -0.2) is 4.39 Å². The highest BCUT2D eigenvalue weighted by atomic mass is 19.1. The highest BCUT2D eigenvalue weighted by molar-refractivity contribution is 5.96. The van der Waals surface area contributed by atoms with E-state index >= 15 is 0 Å². The van der Waals surface area contributed by atoms with Crippen LogP contribution in [0.4, 0.5) is 4.39 Å². The molecule has 1 amide bonds. The Labute approximate surface area is 106 Å². The lowest BCUT2D eigenvalue weighted by molar-refractivity contribution is 0.0946. The Morgan fingerprint density at radius 3 is 3.11 bits per heavy atom. The van der Waals surface area contributed by atoms with Gasteiger partial charge in [0.05, 0.1) is 6.33 Å². The molecule has 0 atom stereocenters. The smallest absolute Gasteiger partial charge is 0.251 e. The summed E-state index contributed by atoms with van der Waals surface area (Å²) in [6, 6.07) is 5.36. The van der Waals surface area contributed by atoms with Gasteiger partial charge in [-0.05, 0) is 42.2 Å². The number of rotatable bonds is 4. The van der Waals surface area contributed by atoms with Gasteiger partial charge < -0.3 is 10.1 Å². The van der Waals surface area contributed by atoms with E-state index in [9.17, 15) is 9.18 Å². The molecule has 3 nitrogen and oxygen atoms in total. The quantitative estimate of drug-likeness (QED) is 0.890. The monoisotopic (exact) mass is 249 g/mol. The molecule has 1 aromatic rings. The molecule has 4 heteroatoms. The van der Waals surface area contributed by atoms with Gasteiger partial charge in [-0.2, -0.15) is 0 Å². The maximum Gasteiger partial charge on any atom is 0.251 e. The van der Waals surface area contributed by atoms with E-state index in [1.54, 1.807) is 12.1 Å². The molecule has 0 bridgehead atoms. The first-order valence-electron chi connectivity index (χ1n) is 6.06. The average Bonchev–Trinajstić information content (AvgIpc) is 2.40. The van der Waals surface area contributed by atoms with Gasteiger partial charge in [-0.15, -0.1) is 0 Å². The normalized spacial score (nSPS) is 15.0. The minimum Gasteiger partial charge on any atom is -0.489 e. The van der Waals surface area contributed by atoms with Crippen LogP contribution in [0.2, 0.25) is 0 Å². The summed E-state index contributed by atoms with van der Waals surface area (Å²) in [7, 11) is 0. The van der Waals surface area contributed by atoms with Crippen LogP contribution in [0.3, 0.4) is 0 Å². The van der Waals surface area contributed by atoms with Crippen molar-refractivity contribution in [1.29, 1.82) is 0 Å². The molecule has 1 heterocycles. The van der Waals surface area contributed by atoms with Crippen molar-refractivity contribution < 1.29 is 13.9 Å². The Morgan fingerprint density at radius 2 is 2.39 bits per heavy atom. The number of carbonyl (C=O) groups is 1. The third-order valence-electron chi connectivity index (χ3n) is 3.03. The van der Waals surface area contributed by atoms with Gasteiger partial charge in [0.2, 0.25) is 0 Å². The SMILES string of the molecule is CCC(=CF)COc1ccc2c(c1)CCNC2=O. The van der Waals surface area contributed by atoms with Crippen LogP contribution in [0.15, 0.2) is 30.1 Å². The molecule has 0 fully saturated rings. The first-order chi connectivity index (χ1) is 8.74. The first kappa shape index (κ1) is 12.6. The molecule has 0 spiro atoms. The van der Waals surface area contributed by atoms with Crippen LogP contribution in [0.25, 0.3) is 0 Å². The van der Waals surface area contributed by atoms with Crippen molar-refractivity contribution >= 4 is 5.91 Å². The summed E-state index contributed by atoms with van der Waals surface area (Å²) in [5.41, 5.74) is 2.30. The Bertz CT molecular complexity index is 483. The van der Waals surface area contributed by atoms with Crippen LogP contribution >= 0.6 is 0 Å². The molecule has 1 aliphatic rings. The van der Waals surface area contributed by atoms with Gasteiger partial charge in [0.1, 0.15) is 12.4 Å². The fraction of sp³-hybridized carbons (Fsp3) is 0.357. The highest BCUT2D eigenvalue weighted by Gasteiger charge is 2.16. The van der Waals surface area contributed by atoms with Crippen LogP contribution in [0, 0.1) is 0 Å². The second-order valence-electron chi connectivity index (χ2n) is 4.23. The van der Waals surface area contributed by atoms with Crippen LogP contribution in [0.1, 0.15) is 29.3 Å². The van der Waals surface area contributed by atoms with Crippen molar-refractivity contribution in [1.82, 2.24) is 5.32 Å². The van der Waals surface area contributed by atoms with Gasteiger partial charge in [0.25, 0.3) is 5.91 Å². The number of halogens is 1. The summed E-state index contributed by atoms with van der Waals surface area (Å²) in [5.74, 6) is 0.636. The molecule has 1 N–H and O–H groups in total. The lowest BCUT2D eigenvalue weighted by Crippen LogP contribution is -2.31. The fourth-order valence-corrected chi connectivity index (χ4v) is 1.88. The molecule has 18 heavy (non-hydrogen) atoms. The van der Waals surface area contributed by atoms with E-state index in [0.29, 0.717) is 36.2 Å². The van der Waals surface area contributed by atoms with Crippen molar-refractivity contribution in [3.8, 4) is 5.75 Å². The molecule has 2 rings (SSSR count). The number of hydrogen-bond acceptors (Lipinski definition) is 2. The number of nitrogens with one attached hydrogen (secondary N) is 1. The summed E-state index contributed by atoms with van der Waals surface area (Å²) in [6.45, 7) is 2.78. The fourth-order valence-electron chi connectivity index (χ4n) is 1.88. The van der Waals surface area contributed by atoms with Crippen molar-refractivity contribution in [2.24, 2.45) is 0 Å². The summed E-state index contributed by atoms with van der Waals surface area (Å²) in [6.07, 6.45) is 2.02. The van der Waals surface area contributed by atoms with Crippen LogP contribution < -0.4 is 10.1 Å². The topological polar surface area (TPSA) is 38.3 Å². The van der Waals surface area contributed by atoms with Crippen LogP contribution in [-0.2, 0) is 6.42 Å². The number of fused-ring (bicyclic) bond motifs is 1. The summed E-state index contributed by atoms with van der Waals surface area (Å²) in [4.78, 5) is 11.5. The lowest BCUT2D eigenvalue weighted by Gasteiger charge is -2.17. The predicted octanol–water partition coefficient (Wildman–Crippen LogP) is 2.61. The Kier molecular flexibility index (Phi) is 3.97. The molecular weight excluding hydrogens is 233 g/mol. The second kappa shape index (κ2) is 5.67. The predicted molar refractivity (Wildman–Crippen MR) is 67.5 cm³/mol. The molecular formula is C14H16FNO2. The van der Waals surface area contributed by atoms with E-state index in [-0.39, 0.29) is 12.5 Å². The van der Waals surface area contributed by atoms with Gasteiger partial charge in [-0.1, -0.05) is 6.92 Å². The lowest BCUT2D eigenvalue weighted by atomic mass is 10.0. The molecule has 0 radical (unpaired) electrons. The number of ether oxygens (including phenoxy) is 1. The van der Waals surface area contributed by atoms with E-state index in [0.717, 1.165) is 12.0 Å². The molecule has 0 saturated carbocycles. The summed E-state index contributed by atoms with van der Waals surface area (Å²) < 4.78 is 17.9. The molecule has 0 saturated heterocycles. The minimum atomic E-state index is -0.0410. The number of benzene rings is 1. The second-order valence-corrected chi connectivity index (χ2v) is 4.23. The van der Waals surface area contributed by atoms with E-state index in [2.05, 4.69) is 5.32 Å². The van der Waals surface area contributed by atoms with Crippen LogP contribution in [-0.4, -0.2) is 19.1 Å². The van der Waals surface area contributed by atoms with Crippen molar-refractivity contribution in [2.45, 2.75) is 19.8 Å². The summed E-state index contributed by atoms with van der Waals surface area (Å²) in [5, 5.41) is 2.79. The van der Waals surface area contributed by atoms with Gasteiger partial charge in [-0.3, -0.25) is 4.79 Å². The van der Waals surface area contributed by atoms with Crippen LogP contribution in [0.5, 0.6) is 5.75 Å². The van der Waals surface area contributed by atoms with Crippen molar-refractivity contribution in [3.63, 3.8) is 0 Å². The third-order valence-corrected chi connectivity index (χ3v) is 3.03. The largest absolute Gasteiger partial charge is 0.489 e. The Balaban J connectivity index is 2.09. The Morgan fingerprint density at radius 1 is 1.56 bits per heavy atom. The molecule has 0 aromatic heterocycles. The zero-order chi connectivity index (χ0) is 13.0. The molecule has 1 aromatic carbocycles.